The third kappa shape index (κ3) is 9.71. The second kappa shape index (κ2) is 16.2. The van der Waals surface area contributed by atoms with Crippen molar-refractivity contribution in [3.63, 3.8) is 0 Å². The molecular formula is C23H41N2O6Si2+. The summed E-state index contributed by atoms with van der Waals surface area (Å²) < 4.78 is 34.9. The maximum absolute atomic E-state index is 5.49. The van der Waals surface area contributed by atoms with Gasteiger partial charge in [0.05, 0.1) is 0 Å². The Labute approximate surface area is 201 Å². The molecule has 0 bridgehead atoms. The Kier molecular flexibility index (Phi) is 14.5. The molecule has 33 heavy (non-hydrogen) atoms. The van der Waals surface area contributed by atoms with Crippen molar-refractivity contribution in [3.8, 4) is 0 Å². The minimum atomic E-state index is -2.52. The van der Waals surface area contributed by atoms with E-state index in [4.69, 9.17) is 26.6 Å². The molecule has 0 aliphatic heterocycles. The SMILES string of the molecule is C\C=C/C(=C\C=N\CCC[Si](OC)(OC)OC)c1cc[n+](CCC[Si](OC)(OC)OC)cc1. The minimum Gasteiger partial charge on any atom is -0.377 e. The van der Waals surface area contributed by atoms with E-state index in [1.807, 2.05) is 25.3 Å². The zero-order valence-corrected chi connectivity index (χ0v) is 23.2. The van der Waals surface area contributed by atoms with Crippen LogP contribution < -0.4 is 4.57 Å². The molecule has 0 aliphatic rings. The molecule has 0 aliphatic carbocycles. The summed E-state index contributed by atoms with van der Waals surface area (Å²) in [6.45, 7) is 3.56. The summed E-state index contributed by atoms with van der Waals surface area (Å²) in [7, 11) is 4.79. The van der Waals surface area contributed by atoms with E-state index in [1.54, 1.807) is 42.7 Å². The summed E-state index contributed by atoms with van der Waals surface area (Å²) in [6.07, 6.45) is 13.9. The van der Waals surface area contributed by atoms with E-state index in [2.05, 4.69) is 40.2 Å². The monoisotopic (exact) mass is 497 g/mol. The first-order chi connectivity index (χ1) is 16.0. The van der Waals surface area contributed by atoms with E-state index in [0.717, 1.165) is 42.6 Å². The van der Waals surface area contributed by atoms with Gasteiger partial charge in [-0.3, -0.25) is 4.99 Å². The maximum atomic E-state index is 5.49. The third-order valence-corrected chi connectivity index (χ3v) is 11.1. The highest BCUT2D eigenvalue weighted by atomic mass is 28.4. The van der Waals surface area contributed by atoms with Crippen molar-refractivity contribution in [2.45, 2.75) is 38.4 Å². The van der Waals surface area contributed by atoms with Gasteiger partial charge in [-0.15, -0.1) is 0 Å². The fourth-order valence-corrected chi connectivity index (χ4v) is 6.82. The lowest BCUT2D eigenvalue weighted by atomic mass is 10.1. The van der Waals surface area contributed by atoms with Crippen LogP contribution in [0.3, 0.4) is 0 Å². The smallest absolute Gasteiger partial charge is 0.377 e. The van der Waals surface area contributed by atoms with Crippen LogP contribution in [0, 0.1) is 0 Å². The van der Waals surface area contributed by atoms with Crippen LogP contribution >= 0.6 is 0 Å². The second-order valence-electron chi connectivity index (χ2n) is 7.30. The molecule has 0 unspecified atom stereocenters. The zero-order chi connectivity index (χ0) is 24.6. The number of allylic oxidation sites excluding steroid dienone is 4. The number of aliphatic imine (C=N–C) groups is 1. The average molecular weight is 498 g/mol. The van der Waals surface area contributed by atoms with Crippen molar-refractivity contribution in [2.24, 2.45) is 4.99 Å². The lowest BCUT2D eigenvalue weighted by Gasteiger charge is -2.23. The van der Waals surface area contributed by atoms with Crippen molar-refractivity contribution in [1.29, 1.82) is 0 Å². The number of hydrogen-bond acceptors (Lipinski definition) is 7. The molecule has 1 rings (SSSR count). The quantitative estimate of drug-likeness (QED) is 0.108. The number of hydrogen-bond donors (Lipinski definition) is 0. The molecular weight excluding hydrogens is 456 g/mol. The van der Waals surface area contributed by atoms with Gasteiger partial charge in [-0.25, -0.2) is 4.57 Å². The van der Waals surface area contributed by atoms with Gasteiger partial charge in [-0.05, 0) is 30.6 Å². The van der Waals surface area contributed by atoms with Crippen molar-refractivity contribution < 1.29 is 31.1 Å². The fraction of sp³-hybridized carbons (Fsp3) is 0.565. The Balaban J connectivity index is 2.67. The molecule has 0 spiro atoms. The van der Waals surface area contributed by atoms with Crippen molar-refractivity contribution in [1.82, 2.24) is 0 Å². The number of rotatable bonds is 17. The molecule has 0 amide bonds. The molecule has 0 fully saturated rings. The molecule has 0 N–H and O–H groups in total. The number of nitrogens with zero attached hydrogens (tertiary/aromatic N) is 2. The molecule has 1 aromatic heterocycles. The second-order valence-corrected chi connectivity index (χ2v) is 13.5. The van der Waals surface area contributed by atoms with Gasteiger partial charge in [-0.1, -0.05) is 12.2 Å². The van der Waals surface area contributed by atoms with Crippen LogP contribution in [0.15, 0.2) is 47.7 Å². The van der Waals surface area contributed by atoms with Crippen LogP contribution in [0.4, 0.5) is 0 Å². The molecule has 0 radical (unpaired) electrons. The summed E-state index contributed by atoms with van der Waals surface area (Å²) in [4.78, 5) is 4.51. The first kappa shape index (κ1) is 29.5. The van der Waals surface area contributed by atoms with Gasteiger partial charge >= 0.3 is 17.6 Å². The fourth-order valence-electron chi connectivity index (χ4n) is 3.41. The molecule has 8 nitrogen and oxygen atoms in total. The van der Waals surface area contributed by atoms with Gasteiger partial charge in [0.1, 0.15) is 6.54 Å². The number of pyridine rings is 1. The van der Waals surface area contributed by atoms with Crippen molar-refractivity contribution in [2.75, 3.05) is 49.2 Å². The van der Waals surface area contributed by atoms with Gasteiger partial charge in [0, 0.05) is 86.1 Å². The van der Waals surface area contributed by atoms with Crippen LogP contribution in [0.5, 0.6) is 0 Å². The molecule has 10 heteroatoms. The molecule has 0 aromatic carbocycles. The summed E-state index contributed by atoms with van der Waals surface area (Å²) in [6, 6.07) is 5.74. The Morgan fingerprint density at radius 1 is 0.848 bits per heavy atom. The van der Waals surface area contributed by atoms with E-state index >= 15 is 0 Å². The highest BCUT2D eigenvalue weighted by molar-refractivity contribution is 6.60. The first-order valence-electron chi connectivity index (χ1n) is 11.1. The molecule has 1 aromatic rings. The lowest BCUT2D eigenvalue weighted by Crippen LogP contribution is -2.44. The predicted octanol–water partition coefficient (Wildman–Crippen LogP) is 3.54. The van der Waals surface area contributed by atoms with E-state index in [9.17, 15) is 0 Å². The number of aromatic nitrogens is 1. The lowest BCUT2D eigenvalue weighted by molar-refractivity contribution is -0.697. The summed E-state index contributed by atoms with van der Waals surface area (Å²) >= 11 is 0. The van der Waals surface area contributed by atoms with Crippen molar-refractivity contribution >= 4 is 29.4 Å². The van der Waals surface area contributed by atoms with Gasteiger partial charge in [0.15, 0.2) is 12.4 Å². The van der Waals surface area contributed by atoms with E-state index < -0.39 is 17.6 Å². The van der Waals surface area contributed by atoms with Crippen molar-refractivity contribution in [3.05, 3.63) is 48.3 Å². The van der Waals surface area contributed by atoms with Crippen LogP contribution in [0.2, 0.25) is 12.1 Å². The average Bonchev–Trinajstić information content (AvgIpc) is 2.87. The van der Waals surface area contributed by atoms with Crippen LogP contribution in [-0.2, 0) is 33.1 Å². The van der Waals surface area contributed by atoms with Gasteiger partial charge < -0.3 is 26.6 Å². The third-order valence-electron chi connectivity index (χ3n) is 5.47. The highest BCUT2D eigenvalue weighted by Gasteiger charge is 2.37. The Morgan fingerprint density at radius 3 is 1.85 bits per heavy atom. The van der Waals surface area contributed by atoms with Crippen LogP contribution in [0.25, 0.3) is 5.57 Å². The van der Waals surface area contributed by atoms with Gasteiger partial charge in [-0.2, -0.15) is 0 Å². The summed E-state index contributed by atoms with van der Waals surface area (Å²) in [5, 5.41) is 0. The summed E-state index contributed by atoms with van der Waals surface area (Å²) in [5.74, 6) is 0. The predicted molar refractivity (Wildman–Crippen MR) is 135 cm³/mol. The van der Waals surface area contributed by atoms with Gasteiger partial charge in [0.25, 0.3) is 0 Å². The standard InChI is InChI=1S/C23H41N2O6Si2/c1-8-11-22(12-16-24-15-9-20-32(26-2,27-3)28-4)23-13-18-25(19-14-23)17-10-21-33(29-5,30-6)31-7/h8,11-14,16,18-19H,9-10,15,17,20-21H2,1-7H3/q+1/b11-8-,22-12+,24-16+. The summed E-state index contributed by atoms with van der Waals surface area (Å²) in [5.41, 5.74) is 2.24. The molecule has 0 atom stereocenters. The minimum absolute atomic E-state index is 0.689. The van der Waals surface area contributed by atoms with E-state index in [1.165, 1.54) is 0 Å². The zero-order valence-electron chi connectivity index (χ0n) is 21.2. The van der Waals surface area contributed by atoms with Crippen LogP contribution in [0.1, 0.15) is 25.3 Å². The van der Waals surface area contributed by atoms with E-state index in [0.29, 0.717) is 6.54 Å². The number of aryl methyl sites for hydroxylation is 1. The Hall–Kier alpha value is -1.51. The topological polar surface area (TPSA) is 71.6 Å². The highest BCUT2D eigenvalue weighted by Crippen LogP contribution is 2.17. The van der Waals surface area contributed by atoms with Crippen LogP contribution in [-0.4, -0.2) is 73.0 Å². The Bertz CT molecular complexity index is 731. The maximum Gasteiger partial charge on any atom is 0.500 e. The molecule has 1 heterocycles. The van der Waals surface area contributed by atoms with Gasteiger partial charge in [0.2, 0.25) is 0 Å². The largest absolute Gasteiger partial charge is 0.500 e. The molecule has 186 valence electrons. The molecule has 0 saturated carbocycles. The first-order valence-corrected chi connectivity index (χ1v) is 15.0. The normalized spacial score (nSPS) is 13.5. The molecule has 0 saturated heterocycles. The van der Waals surface area contributed by atoms with E-state index in [-0.39, 0.29) is 0 Å². The Morgan fingerprint density at radius 2 is 1.36 bits per heavy atom.